The topological polar surface area (TPSA) is 81.3 Å². The van der Waals surface area contributed by atoms with Crippen molar-refractivity contribution in [1.82, 2.24) is 10.3 Å². The number of rotatable bonds is 2. The fraction of sp³-hybridized carbons (Fsp3) is 0.321. The number of nitrogens with zero attached hydrogens (tertiary/aromatic N) is 5. The first-order chi connectivity index (χ1) is 16.5. The second-order valence-corrected chi connectivity index (χ2v) is 7.13. The minimum atomic E-state index is 0. The van der Waals surface area contributed by atoms with E-state index in [-0.39, 0.29) is 26.2 Å². The van der Waals surface area contributed by atoms with E-state index >= 15 is 0 Å². The van der Waals surface area contributed by atoms with Gasteiger partial charge in [0.1, 0.15) is 0 Å². The minimum Gasteiger partial charge on any atom is -0.686 e. The van der Waals surface area contributed by atoms with Crippen LogP contribution in [-0.4, -0.2) is 68.4 Å². The zero-order valence-corrected chi connectivity index (χ0v) is 25.1. The average molecular weight is 552 g/mol. The number of nitrogens with one attached hydrogen (secondary N) is 1. The smallest absolute Gasteiger partial charge is 0.686 e. The predicted octanol–water partition coefficient (Wildman–Crippen LogP) is 7.38. The number of benzene rings is 3. The van der Waals surface area contributed by atoms with Crippen molar-refractivity contribution >= 4 is 27.2 Å². The van der Waals surface area contributed by atoms with Crippen molar-refractivity contribution in [1.29, 1.82) is 0 Å². The summed E-state index contributed by atoms with van der Waals surface area (Å²) in [6, 6.07) is 23.0. The average Bonchev–Trinajstić information content (AvgIpc) is 2.85. The molecule has 1 heterocycles. The van der Waals surface area contributed by atoms with E-state index in [9.17, 15) is 0 Å². The Bertz CT molecular complexity index is 1040. The van der Waals surface area contributed by atoms with E-state index in [4.69, 9.17) is 0 Å². The largest absolute Gasteiger partial charge is 4.00 e. The van der Waals surface area contributed by atoms with Crippen molar-refractivity contribution in [2.75, 3.05) is 63.4 Å². The van der Waals surface area contributed by atoms with Crippen LogP contribution in [0.1, 0.15) is 0 Å². The maximum Gasteiger partial charge on any atom is 4.00 e. The molecule has 0 radical (unpaired) electrons. The zero-order valence-electron chi connectivity index (χ0n) is 22.7. The summed E-state index contributed by atoms with van der Waals surface area (Å²) >= 11 is 0. The van der Waals surface area contributed by atoms with E-state index in [1.807, 2.05) is 33.4 Å². The quantitative estimate of drug-likeness (QED) is 0.282. The van der Waals surface area contributed by atoms with Crippen molar-refractivity contribution in [3.63, 3.8) is 0 Å². The summed E-state index contributed by atoms with van der Waals surface area (Å²) in [5.74, 6) is 0. The fourth-order valence-corrected chi connectivity index (χ4v) is 3.01. The number of hydrogen-bond acceptors (Lipinski definition) is 2. The van der Waals surface area contributed by atoms with Crippen molar-refractivity contribution in [3.05, 3.63) is 94.2 Å². The van der Waals surface area contributed by atoms with Crippen molar-refractivity contribution in [2.45, 2.75) is 0 Å². The van der Waals surface area contributed by atoms with E-state index in [0.29, 0.717) is 0 Å². The summed E-state index contributed by atoms with van der Waals surface area (Å²) in [6.07, 6.45) is 1.87. The summed E-state index contributed by atoms with van der Waals surface area (Å²) in [4.78, 5) is 4.68. The van der Waals surface area contributed by atoms with Crippen molar-refractivity contribution in [3.8, 4) is 11.3 Å². The van der Waals surface area contributed by atoms with Gasteiger partial charge in [-0.1, -0.05) is 60.7 Å². The van der Waals surface area contributed by atoms with Gasteiger partial charge in [0.25, 0.3) is 0 Å². The number of aromatic nitrogens is 1. The molecule has 35 heavy (non-hydrogen) atoms. The Morgan fingerprint density at radius 2 is 1.03 bits per heavy atom. The molecule has 1 aromatic heterocycles. The Labute approximate surface area is 231 Å². The first-order valence-electron chi connectivity index (χ1n) is 11.0. The van der Waals surface area contributed by atoms with E-state index < -0.39 is 0 Å². The molecule has 0 fully saturated rings. The van der Waals surface area contributed by atoms with Gasteiger partial charge in [-0.2, -0.15) is 42.3 Å². The SMILES string of the molecule is CNC.C[N-]C.C[N-]C.C[N-]C.C[N-]c1ccc2ccccc2c1-c1nccc2ccccc12.[Zr+4]. The molecule has 0 unspecified atom stereocenters. The standard InChI is InChI=1S/C20H15N2.C2H7N.3C2H6N.Zr/c1-21-18-11-10-14-6-2-4-8-16(14)19(18)20-17-9-5-3-7-15(17)12-13-22-20;4*1-3-2;/h2-13H,1H3;3H,1-2H3;3*1-2H3;/q-1;;3*-1;+4. The second kappa shape index (κ2) is 22.3. The van der Waals surface area contributed by atoms with Crippen molar-refractivity contribution < 1.29 is 26.2 Å². The van der Waals surface area contributed by atoms with Crippen LogP contribution >= 0.6 is 0 Å². The van der Waals surface area contributed by atoms with Crippen molar-refractivity contribution in [2.24, 2.45) is 0 Å². The van der Waals surface area contributed by atoms with E-state index in [0.717, 1.165) is 22.3 Å². The molecule has 0 atom stereocenters. The first-order valence-corrected chi connectivity index (χ1v) is 11.0. The van der Waals surface area contributed by atoms with Gasteiger partial charge in [-0.25, -0.2) is 0 Å². The monoisotopic (exact) mass is 550 g/mol. The van der Waals surface area contributed by atoms with Gasteiger partial charge in [0.2, 0.25) is 0 Å². The van der Waals surface area contributed by atoms with Crippen LogP contribution in [0.5, 0.6) is 0 Å². The molecule has 7 heteroatoms. The maximum absolute atomic E-state index is 4.68. The zero-order chi connectivity index (χ0) is 25.8. The van der Waals surface area contributed by atoms with Gasteiger partial charge in [0.05, 0.1) is 5.69 Å². The maximum atomic E-state index is 4.68. The van der Waals surface area contributed by atoms with Crippen LogP contribution in [0.2, 0.25) is 0 Å². The molecule has 0 saturated carbocycles. The molecule has 0 aliphatic rings. The molecule has 0 aliphatic carbocycles. The third-order valence-electron chi connectivity index (χ3n) is 4.06. The molecule has 186 valence electrons. The Morgan fingerprint density at radius 1 is 0.600 bits per heavy atom. The molecule has 6 nitrogen and oxygen atoms in total. The van der Waals surface area contributed by atoms with Crippen LogP contribution in [0.25, 0.3) is 54.1 Å². The van der Waals surface area contributed by atoms with Crippen LogP contribution in [0.4, 0.5) is 5.69 Å². The molecule has 4 aromatic rings. The Hall–Kier alpha value is -2.15. The van der Waals surface area contributed by atoms with Crippen LogP contribution in [-0.2, 0) is 26.2 Å². The number of hydrogen-bond donors (Lipinski definition) is 1. The summed E-state index contributed by atoms with van der Waals surface area (Å²) in [5, 5.41) is 22.5. The molecule has 0 saturated heterocycles. The molecule has 1 N–H and O–H groups in total. The van der Waals surface area contributed by atoms with Gasteiger partial charge in [-0.05, 0) is 41.9 Å². The van der Waals surface area contributed by atoms with E-state index in [2.05, 4.69) is 92.2 Å². The molecule has 0 aliphatic heterocycles. The summed E-state index contributed by atoms with van der Waals surface area (Å²) in [7, 11) is 16.1. The van der Waals surface area contributed by atoms with Gasteiger partial charge < -0.3 is 26.6 Å². The molecular formula is C28H40N6Zr. The van der Waals surface area contributed by atoms with Crippen LogP contribution in [0, 0.1) is 0 Å². The molecule has 0 bridgehead atoms. The molecule has 0 spiro atoms. The number of fused-ring (bicyclic) bond motifs is 2. The number of pyridine rings is 1. The Morgan fingerprint density at radius 3 is 1.51 bits per heavy atom. The second-order valence-electron chi connectivity index (χ2n) is 7.13. The van der Waals surface area contributed by atoms with Gasteiger partial charge in [-0.15, -0.1) is 12.7 Å². The van der Waals surface area contributed by atoms with Crippen LogP contribution in [0.3, 0.4) is 0 Å². The fourth-order valence-electron chi connectivity index (χ4n) is 3.01. The molecule has 4 rings (SSSR count). The van der Waals surface area contributed by atoms with Crippen LogP contribution in [0.15, 0.2) is 72.9 Å². The molecular weight excluding hydrogens is 512 g/mol. The Kier molecular flexibility index (Phi) is 22.3. The Balaban J connectivity index is 0. The van der Waals surface area contributed by atoms with Gasteiger partial charge >= 0.3 is 26.2 Å². The predicted molar refractivity (Wildman–Crippen MR) is 154 cm³/mol. The first kappa shape index (κ1) is 35.0. The van der Waals surface area contributed by atoms with E-state index in [1.165, 1.54) is 16.2 Å². The summed E-state index contributed by atoms with van der Waals surface area (Å²) < 4.78 is 0. The molecule has 3 aromatic carbocycles. The minimum absolute atomic E-state index is 0. The summed E-state index contributed by atoms with van der Waals surface area (Å²) in [5.41, 5.74) is 3.08. The molecule has 0 amide bonds. The van der Waals surface area contributed by atoms with Gasteiger partial charge in [-0.3, -0.25) is 4.98 Å². The van der Waals surface area contributed by atoms with Gasteiger partial charge in [0.15, 0.2) is 0 Å². The third kappa shape index (κ3) is 11.9. The summed E-state index contributed by atoms with van der Waals surface area (Å²) in [6.45, 7) is 0. The van der Waals surface area contributed by atoms with Crippen LogP contribution < -0.4 is 5.32 Å². The third-order valence-corrected chi connectivity index (χ3v) is 4.06. The van der Waals surface area contributed by atoms with E-state index in [1.54, 1.807) is 42.3 Å². The normalized spacial score (nSPS) is 8.94. The van der Waals surface area contributed by atoms with Gasteiger partial charge in [0, 0.05) is 11.6 Å².